The van der Waals surface area contributed by atoms with Crippen LogP contribution < -0.4 is 0 Å². The third-order valence-electron chi connectivity index (χ3n) is 6.38. The number of ether oxygens (including phenoxy) is 1. The lowest BCUT2D eigenvalue weighted by Gasteiger charge is -2.42. The summed E-state index contributed by atoms with van der Waals surface area (Å²) >= 11 is 0. The van der Waals surface area contributed by atoms with Gasteiger partial charge in [-0.3, -0.25) is 9.59 Å². The van der Waals surface area contributed by atoms with E-state index in [1.54, 1.807) is 17.0 Å². The van der Waals surface area contributed by atoms with Gasteiger partial charge in [0.15, 0.2) is 5.60 Å². The summed E-state index contributed by atoms with van der Waals surface area (Å²) in [6.45, 7) is 2.84. The van der Waals surface area contributed by atoms with Crippen LogP contribution in [0.25, 0.3) is 0 Å². The number of carbonyl (C=O) groups excluding carboxylic acids is 2. The van der Waals surface area contributed by atoms with E-state index >= 15 is 0 Å². The molecule has 0 radical (unpaired) electrons. The standard InChI is InChI=1S/C25H30FN3O3/c1-27(2)11-12-28-17-22(20-8-4-3-5-9-20)25(24(28)31)18-29(13-14-32-25)23(30)16-19-7-6-10-21(26)15-19/h3-10,15,22H,11-14,16-18H2,1-2H3/t22-,25-/m0/s1. The molecule has 2 atom stereocenters. The lowest BCUT2D eigenvalue weighted by atomic mass is 9.83. The molecule has 2 aliphatic heterocycles. The van der Waals surface area contributed by atoms with Gasteiger partial charge in [-0.05, 0) is 37.4 Å². The van der Waals surface area contributed by atoms with Crippen molar-refractivity contribution in [2.24, 2.45) is 0 Å². The highest BCUT2D eigenvalue weighted by Gasteiger charge is 2.58. The molecular weight excluding hydrogens is 409 g/mol. The first-order valence-corrected chi connectivity index (χ1v) is 11.0. The molecule has 2 aromatic carbocycles. The number of likely N-dealkylation sites (N-methyl/N-ethyl adjacent to an activating group) is 1. The van der Waals surface area contributed by atoms with Gasteiger partial charge < -0.3 is 19.4 Å². The van der Waals surface area contributed by atoms with E-state index in [-0.39, 0.29) is 36.5 Å². The summed E-state index contributed by atoms with van der Waals surface area (Å²) in [6.07, 6.45) is 0.0996. The van der Waals surface area contributed by atoms with Gasteiger partial charge in [0.2, 0.25) is 5.91 Å². The molecule has 2 amide bonds. The number of benzene rings is 2. The predicted octanol–water partition coefficient (Wildman–Crippen LogP) is 2.15. The Kier molecular flexibility index (Phi) is 6.58. The minimum Gasteiger partial charge on any atom is -0.361 e. The summed E-state index contributed by atoms with van der Waals surface area (Å²) in [5.74, 6) is -0.704. The lowest BCUT2D eigenvalue weighted by molar-refractivity contribution is -0.167. The minimum absolute atomic E-state index is 0.0588. The number of hydrogen-bond donors (Lipinski definition) is 0. The van der Waals surface area contributed by atoms with Gasteiger partial charge in [-0.2, -0.15) is 0 Å². The van der Waals surface area contributed by atoms with E-state index < -0.39 is 5.60 Å². The van der Waals surface area contributed by atoms with Crippen LogP contribution in [-0.4, -0.2) is 85.5 Å². The fourth-order valence-electron chi connectivity index (χ4n) is 4.67. The molecule has 170 valence electrons. The van der Waals surface area contributed by atoms with E-state index in [0.717, 1.165) is 12.1 Å². The number of carbonyl (C=O) groups is 2. The van der Waals surface area contributed by atoms with Crippen LogP contribution in [0.3, 0.4) is 0 Å². The molecule has 0 N–H and O–H groups in total. The van der Waals surface area contributed by atoms with Crippen LogP contribution in [0.1, 0.15) is 17.0 Å². The van der Waals surface area contributed by atoms with Gasteiger partial charge in [0, 0.05) is 32.1 Å². The van der Waals surface area contributed by atoms with Gasteiger partial charge in [-0.15, -0.1) is 0 Å². The summed E-state index contributed by atoms with van der Waals surface area (Å²) < 4.78 is 19.8. The largest absolute Gasteiger partial charge is 0.361 e. The Balaban J connectivity index is 1.58. The van der Waals surface area contributed by atoms with Crippen LogP contribution in [0.15, 0.2) is 54.6 Å². The molecule has 2 aromatic rings. The molecule has 2 heterocycles. The zero-order valence-corrected chi connectivity index (χ0v) is 18.7. The fraction of sp³-hybridized carbons (Fsp3) is 0.440. The van der Waals surface area contributed by atoms with Crippen molar-refractivity contribution in [1.29, 1.82) is 0 Å². The van der Waals surface area contributed by atoms with Crippen LogP contribution in [0, 0.1) is 5.82 Å². The number of hydrogen-bond acceptors (Lipinski definition) is 4. The molecule has 2 aliphatic rings. The number of nitrogens with zero attached hydrogens (tertiary/aromatic N) is 3. The quantitative estimate of drug-likeness (QED) is 0.692. The van der Waals surface area contributed by atoms with Gasteiger partial charge in [0.1, 0.15) is 5.82 Å². The van der Waals surface area contributed by atoms with Crippen LogP contribution in [0.2, 0.25) is 0 Å². The van der Waals surface area contributed by atoms with Crippen molar-refractivity contribution in [2.45, 2.75) is 17.9 Å². The van der Waals surface area contributed by atoms with Crippen LogP contribution in [0.4, 0.5) is 4.39 Å². The van der Waals surface area contributed by atoms with Crippen LogP contribution >= 0.6 is 0 Å². The average molecular weight is 440 g/mol. The molecule has 2 saturated heterocycles. The first-order chi connectivity index (χ1) is 15.4. The molecular formula is C25H30FN3O3. The third kappa shape index (κ3) is 4.54. The fourth-order valence-corrected chi connectivity index (χ4v) is 4.67. The Bertz CT molecular complexity index is 968. The summed E-state index contributed by atoms with van der Waals surface area (Å²) in [5.41, 5.74) is 0.567. The maximum atomic E-state index is 13.6. The number of likely N-dealkylation sites (tertiary alicyclic amines) is 1. The van der Waals surface area contributed by atoms with Gasteiger partial charge >= 0.3 is 0 Å². The number of amides is 2. The number of morpholine rings is 1. The molecule has 2 fully saturated rings. The van der Waals surface area contributed by atoms with Gasteiger partial charge in [0.25, 0.3) is 5.91 Å². The smallest absolute Gasteiger partial charge is 0.257 e. The second-order valence-corrected chi connectivity index (χ2v) is 8.88. The van der Waals surface area contributed by atoms with Gasteiger partial charge in [-0.25, -0.2) is 4.39 Å². The Morgan fingerprint density at radius 2 is 1.97 bits per heavy atom. The highest BCUT2D eigenvalue weighted by molar-refractivity contribution is 5.91. The Morgan fingerprint density at radius 1 is 1.19 bits per heavy atom. The zero-order chi connectivity index (χ0) is 22.7. The van der Waals surface area contributed by atoms with Crippen molar-refractivity contribution in [3.63, 3.8) is 0 Å². The maximum absolute atomic E-state index is 13.6. The van der Waals surface area contributed by atoms with Crippen molar-refractivity contribution < 1.29 is 18.7 Å². The molecule has 32 heavy (non-hydrogen) atoms. The van der Waals surface area contributed by atoms with Crippen LogP contribution in [-0.2, 0) is 20.7 Å². The van der Waals surface area contributed by atoms with Gasteiger partial charge in [0.05, 0.1) is 19.6 Å². The van der Waals surface area contributed by atoms with Crippen LogP contribution in [0.5, 0.6) is 0 Å². The normalized spacial score (nSPS) is 23.4. The Morgan fingerprint density at radius 3 is 2.69 bits per heavy atom. The topological polar surface area (TPSA) is 53.1 Å². The molecule has 6 nitrogen and oxygen atoms in total. The first-order valence-electron chi connectivity index (χ1n) is 11.0. The second-order valence-electron chi connectivity index (χ2n) is 8.88. The Hall–Kier alpha value is -2.77. The first kappa shape index (κ1) is 22.4. The van der Waals surface area contributed by atoms with Crippen molar-refractivity contribution >= 4 is 11.8 Å². The molecule has 7 heteroatoms. The summed E-state index contributed by atoms with van der Waals surface area (Å²) in [7, 11) is 3.96. The zero-order valence-electron chi connectivity index (χ0n) is 18.7. The van der Waals surface area contributed by atoms with E-state index in [1.165, 1.54) is 12.1 Å². The summed E-state index contributed by atoms with van der Waals surface area (Å²) in [6, 6.07) is 16.0. The molecule has 0 unspecified atom stereocenters. The monoisotopic (exact) mass is 439 g/mol. The third-order valence-corrected chi connectivity index (χ3v) is 6.38. The minimum atomic E-state index is -1.09. The predicted molar refractivity (Wildman–Crippen MR) is 120 cm³/mol. The molecule has 4 rings (SSSR count). The van der Waals surface area contributed by atoms with Gasteiger partial charge in [-0.1, -0.05) is 42.5 Å². The molecule has 0 bridgehead atoms. The van der Waals surface area contributed by atoms with E-state index in [4.69, 9.17) is 4.74 Å². The van der Waals surface area contributed by atoms with Crippen molar-refractivity contribution in [1.82, 2.24) is 14.7 Å². The number of rotatable bonds is 6. The van der Waals surface area contributed by atoms with E-state index in [0.29, 0.717) is 31.8 Å². The van der Waals surface area contributed by atoms with E-state index in [2.05, 4.69) is 0 Å². The van der Waals surface area contributed by atoms with Crippen molar-refractivity contribution in [3.8, 4) is 0 Å². The van der Waals surface area contributed by atoms with Crippen molar-refractivity contribution in [2.75, 3.05) is 53.4 Å². The summed E-state index contributed by atoms with van der Waals surface area (Å²) in [5, 5.41) is 0. The molecule has 0 aromatic heterocycles. The Labute approximate surface area is 188 Å². The summed E-state index contributed by atoms with van der Waals surface area (Å²) in [4.78, 5) is 32.3. The van der Waals surface area contributed by atoms with E-state index in [1.807, 2.05) is 54.2 Å². The average Bonchev–Trinajstić information content (AvgIpc) is 3.04. The van der Waals surface area contributed by atoms with E-state index in [9.17, 15) is 14.0 Å². The highest BCUT2D eigenvalue weighted by Crippen LogP contribution is 2.42. The number of halogens is 1. The molecule has 1 spiro atoms. The second kappa shape index (κ2) is 9.38. The SMILES string of the molecule is CN(C)CCN1C[C@@H](c2ccccc2)[C@@]2(CN(C(=O)Cc3cccc(F)c3)CCO2)C1=O. The maximum Gasteiger partial charge on any atom is 0.257 e. The lowest BCUT2D eigenvalue weighted by Crippen LogP contribution is -2.59. The highest BCUT2D eigenvalue weighted by atomic mass is 19.1. The van der Waals surface area contributed by atoms with Crippen molar-refractivity contribution in [3.05, 3.63) is 71.5 Å². The molecule has 0 aliphatic carbocycles. The molecule has 0 saturated carbocycles.